The van der Waals surface area contributed by atoms with Crippen LogP contribution in [0.25, 0.3) is 43.6 Å². The molecule has 0 fully saturated rings. The molecule has 10 heteroatoms. The van der Waals surface area contributed by atoms with Crippen LogP contribution in [0.15, 0.2) is 180 Å². The monoisotopic (exact) mass is 756 g/mol. The lowest BCUT2D eigenvalue weighted by Gasteiger charge is -2.07. The van der Waals surface area contributed by atoms with Gasteiger partial charge in [-0.15, -0.1) is 0 Å². The van der Waals surface area contributed by atoms with Crippen LogP contribution >= 0.6 is 0 Å². The van der Waals surface area contributed by atoms with E-state index in [1.165, 1.54) is 11.1 Å². The molecule has 9 aromatic rings. The second kappa shape index (κ2) is 16.0. The van der Waals surface area contributed by atoms with E-state index in [4.69, 9.17) is 0 Å². The van der Waals surface area contributed by atoms with Gasteiger partial charge in [0.2, 0.25) is 11.0 Å². The number of pyridine rings is 4. The number of benzene rings is 5. The van der Waals surface area contributed by atoms with Crippen LogP contribution in [-0.2, 0) is 13.1 Å². The fourth-order valence-electron chi connectivity index (χ4n) is 7.06. The van der Waals surface area contributed by atoms with Crippen molar-refractivity contribution in [2.45, 2.75) is 13.1 Å². The average Bonchev–Trinajstić information content (AvgIpc) is 3.26. The summed E-state index contributed by atoms with van der Waals surface area (Å²) < 4.78 is 4.41. The lowest BCUT2D eigenvalue weighted by molar-refractivity contribution is -0.662. The van der Waals surface area contributed by atoms with Crippen LogP contribution in [0.5, 0.6) is 0 Å². The highest BCUT2D eigenvalue weighted by Crippen LogP contribution is 2.23. The largest absolute Gasteiger partial charge is 0.289 e. The van der Waals surface area contributed by atoms with Crippen LogP contribution in [0.2, 0.25) is 0 Å². The predicted molar refractivity (Wildman–Crippen MR) is 227 cm³/mol. The second-order valence-corrected chi connectivity index (χ2v) is 13.9. The number of nitrogens with one attached hydrogen (secondary N) is 2. The minimum absolute atomic E-state index is 0.167. The Morgan fingerprint density at radius 1 is 0.483 bits per heavy atom. The van der Waals surface area contributed by atoms with Gasteiger partial charge in [0, 0.05) is 56.9 Å². The van der Waals surface area contributed by atoms with Crippen LogP contribution in [0.4, 0.5) is 0 Å². The summed E-state index contributed by atoms with van der Waals surface area (Å²) in [5.74, 6) is -0.945. The molecule has 0 unspecified atom stereocenters. The van der Waals surface area contributed by atoms with E-state index in [0.29, 0.717) is 11.0 Å². The van der Waals surface area contributed by atoms with E-state index in [0.717, 1.165) is 56.8 Å². The van der Waals surface area contributed by atoms with Gasteiger partial charge in [-0.25, -0.2) is 20.8 Å². The van der Waals surface area contributed by atoms with Gasteiger partial charge < -0.3 is 0 Å². The molecular formula is C48H36N8O2+2. The molecule has 0 atom stereocenters. The van der Waals surface area contributed by atoms with E-state index in [9.17, 15) is 9.59 Å². The third-order valence-corrected chi connectivity index (χ3v) is 9.94. The number of aromatic nitrogens is 4. The topological polar surface area (TPSA) is 116 Å². The van der Waals surface area contributed by atoms with Gasteiger partial charge in [0.1, 0.15) is 11.4 Å². The summed E-state index contributed by atoms with van der Waals surface area (Å²) in [4.78, 5) is 35.8. The zero-order valence-electron chi connectivity index (χ0n) is 31.2. The summed E-state index contributed by atoms with van der Waals surface area (Å²) in [6.07, 6.45) is 7.36. The summed E-state index contributed by atoms with van der Waals surface area (Å²) in [7, 11) is 0. The maximum atomic E-state index is 13.2. The Hall–Kier alpha value is -7.98. The molecular weight excluding hydrogens is 721 g/mol. The molecule has 0 aliphatic heterocycles. The molecule has 0 saturated heterocycles. The van der Waals surface area contributed by atoms with Crippen molar-refractivity contribution in [3.05, 3.63) is 204 Å². The van der Waals surface area contributed by atoms with Gasteiger partial charge in [0.25, 0.3) is 11.8 Å². The minimum Gasteiger partial charge on any atom is -0.266 e. The van der Waals surface area contributed by atoms with Gasteiger partial charge in [0.05, 0.1) is 23.5 Å². The molecule has 10 nitrogen and oxygen atoms in total. The Labute approximate surface area is 333 Å². The fourth-order valence-corrected chi connectivity index (χ4v) is 7.06. The first kappa shape index (κ1) is 35.7. The molecule has 2 amide bonds. The molecule has 58 heavy (non-hydrogen) atoms. The number of carbonyl (C=O) groups is 2. The quantitative estimate of drug-likeness (QED) is 0.0660. The van der Waals surface area contributed by atoms with Gasteiger partial charge >= 0.3 is 0 Å². The number of rotatable bonds is 10. The van der Waals surface area contributed by atoms with Gasteiger partial charge in [-0.2, -0.15) is 19.3 Å². The highest BCUT2D eigenvalue weighted by atomic mass is 16.2. The molecule has 5 aromatic carbocycles. The Morgan fingerprint density at radius 2 is 0.914 bits per heavy atom. The molecule has 4 aromatic heterocycles. The highest BCUT2D eigenvalue weighted by molar-refractivity contribution is 6.06. The molecule has 278 valence electrons. The minimum atomic E-state index is -0.473. The maximum Gasteiger partial charge on any atom is 0.289 e. The summed E-state index contributed by atoms with van der Waals surface area (Å²) in [6, 6.07) is 51.6. The fraction of sp³-hybridized carbons (Fsp3) is 0.0417. The van der Waals surface area contributed by atoms with Crippen molar-refractivity contribution in [2.24, 2.45) is 10.2 Å². The van der Waals surface area contributed by atoms with Crippen molar-refractivity contribution < 1.29 is 18.7 Å². The molecule has 9 rings (SSSR count). The number of hydrogen-bond donors (Lipinski definition) is 2. The average molecular weight is 757 g/mol. The zero-order chi connectivity index (χ0) is 39.3. The predicted octanol–water partition coefficient (Wildman–Crippen LogP) is 7.29. The molecule has 4 heterocycles. The number of hydrazone groups is 2. The van der Waals surface area contributed by atoms with E-state index >= 15 is 0 Å². The lowest BCUT2D eigenvalue weighted by Crippen LogP contribution is -2.34. The highest BCUT2D eigenvalue weighted by Gasteiger charge is 2.15. The van der Waals surface area contributed by atoms with Crippen molar-refractivity contribution in [3.63, 3.8) is 0 Å². The molecule has 0 aliphatic carbocycles. The van der Waals surface area contributed by atoms with Gasteiger partial charge in [0.15, 0.2) is 25.5 Å². The van der Waals surface area contributed by atoms with E-state index in [2.05, 4.69) is 101 Å². The van der Waals surface area contributed by atoms with E-state index < -0.39 is 11.8 Å². The van der Waals surface area contributed by atoms with E-state index in [1.54, 1.807) is 36.7 Å². The Bertz CT molecular complexity index is 2850. The Morgan fingerprint density at radius 3 is 1.36 bits per heavy atom. The number of fused-ring (bicyclic) bond motifs is 5. The smallest absolute Gasteiger partial charge is 0.266 e. The van der Waals surface area contributed by atoms with Gasteiger partial charge in [-0.3, -0.25) is 9.59 Å². The SMILES string of the molecule is O=C(N/N=C/c1ccc2c(ccc[n+]2Cc2ccccc2)c1)c1ccc2ccc3ccc(C(=O)N/N=C/c4ccc5c(ccc[n+]5Cc5ccccc5)c4)nc3c2n1. The summed E-state index contributed by atoms with van der Waals surface area (Å²) in [5, 5.41) is 12.1. The zero-order valence-corrected chi connectivity index (χ0v) is 31.2. The van der Waals surface area contributed by atoms with E-state index in [1.807, 2.05) is 84.9 Å². The molecule has 0 spiro atoms. The molecule has 0 saturated carbocycles. The van der Waals surface area contributed by atoms with Crippen LogP contribution < -0.4 is 20.0 Å². The van der Waals surface area contributed by atoms with Crippen molar-refractivity contribution in [2.75, 3.05) is 0 Å². The van der Waals surface area contributed by atoms with E-state index in [-0.39, 0.29) is 11.4 Å². The van der Waals surface area contributed by atoms with Crippen LogP contribution in [0.3, 0.4) is 0 Å². The second-order valence-electron chi connectivity index (χ2n) is 13.9. The van der Waals surface area contributed by atoms with Gasteiger partial charge in [-0.1, -0.05) is 84.9 Å². The molecule has 0 aliphatic rings. The standard InChI is InChI=1S/C48H34N8O2/c57-47(53-49-29-35-15-23-43-39(27-35)13-7-25-55(43)31-33-9-3-1-4-10-33)41-21-19-37-17-18-38-20-22-42(52-46(38)45(37)51-41)48(58)54-50-30-36-16-24-44-40(28-36)14-8-26-56(44)32-34-11-5-2-6-12-34/h1-30H,31-32H2/p+2/b49-29+,50-30+. The molecule has 0 bridgehead atoms. The third-order valence-electron chi connectivity index (χ3n) is 9.94. The van der Waals surface area contributed by atoms with Crippen LogP contribution in [0, 0.1) is 0 Å². The normalized spacial score (nSPS) is 11.6. The van der Waals surface area contributed by atoms with Crippen LogP contribution in [-0.4, -0.2) is 34.2 Å². The molecule has 0 radical (unpaired) electrons. The first-order valence-corrected chi connectivity index (χ1v) is 18.8. The number of carbonyl (C=O) groups excluding carboxylic acids is 2. The summed E-state index contributed by atoms with van der Waals surface area (Å²) >= 11 is 0. The number of nitrogens with zero attached hydrogens (tertiary/aromatic N) is 6. The maximum absolute atomic E-state index is 13.2. The first-order chi connectivity index (χ1) is 28.5. The number of hydrogen-bond acceptors (Lipinski definition) is 6. The van der Waals surface area contributed by atoms with Gasteiger partial charge in [-0.05, 0) is 59.7 Å². The van der Waals surface area contributed by atoms with Crippen molar-refractivity contribution in [1.82, 2.24) is 20.8 Å². The van der Waals surface area contributed by atoms with Crippen molar-refractivity contribution >= 4 is 67.9 Å². The molecule has 2 N–H and O–H groups in total. The Kier molecular flexibility index (Phi) is 9.86. The van der Waals surface area contributed by atoms with Crippen molar-refractivity contribution in [3.8, 4) is 0 Å². The van der Waals surface area contributed by atoms with Crippen molar-refractivity contribution in [1.29, 1.82) is 0 Å². The number of amides is 2. The Balaban J connectivity index is 0.881. The third kappa shape index (κ3) is 7.75. The van der Waals surface area contributed by atoms with Crippen LogP contribution in [0.1, 0.15) is 43.2 Å². The first-order valence-electron chi connectivity index (χ1n) is 18.8. The summed E-state index contributed by atoms with van der Waals surface area (Å²) in [5.41, 5.74) is 12.8. The summed E-state index contributed by atoms with van der Waals surface area (Å²) in [6.45, 7) is 1.52. The lowest BCUT2D eigenvalue weighted by atomic mass is 10.1.